The van der Waals surface area contributed by atoms with E-state index in [9.17, 15) is 5.11 Å². The lowest BCUT2D eigenvalue weighted by Crippen LogP contribution is -2.43. The molecule has 25 heavy (non-hydrogen) atoms. The summed E-state index contributed by atoms with van der Waals surface area (Å²) in [5.74, 6) is 0.333. The molecule has 2 aromatic rings. The Morgan fingerprint density at radius 3 is 2.76 bits per heavy atom. The smallest absolute Gasteiger partial charge is 0.192 e. The normalized spacial score (nSPS) is 25.0. The van der Waals surface area contributed by atoms with Crippen LogP contribution in [0.1, 0.15) is 33.4 Å². The van der Waals surface area contributed by atoms with Gasteiger partial charge in [-0.05, 0) is 18.1 Å². The quantitative estimate of drug-likeness (QED) is 0.798. The van der Waals surface area contributed by atoms with Crippen LogP contribution >= 0.6 is 0 Å². The maximum Gasteiger partial charge on any atom is 0.192 e. The maximum atomic E-state index is 10.4. The highest BCUT2D eigenvalue weighted by atomic mass is 28.4. The number of hydrogen-bond acceptors (Lipinski definition) is 7. The molecule has 3 N–H and O–H groups in total. The van der Waals surface area contributed by atoms with Crippen molar-refractivity contribution in [2.45, 2.75) is 63.8 Å². The van der Waals surface area contributed by atoms with E-state index in [1.54, 1.807) is 10.9 Å². The minimum absolute atomic E-state index is 0.116. The number of nitrogens with two attached hydrogens (primary N) is 1. The highest BCUT2D eigenvalue weighted by Crippen LogP contribution is 2.38. The number of ether oxygens (including phenoxy) is 1. The summed E-state index contributed by atoms with van der Waals surface area (Å²) in [5, 5.41) is 10.5. The molecule has 0 aliphatic carbocycles. The van der Waals surface area contributed by atoms with Gasteiger partial charge in [0.1, 0.15) is 24.2 Å². The number of imidazole rings is 1. The molecule has 3 heterocycles. The minimum atomic E-state index is -1.89. The lowest BCUT2D eigenvalue weighted by molar-refractivity contribution is -0.0405. The monoisotopic (exact) mass is 365 g/mol. The van der Waals surface area contributed by atoms with Gasteiger partial charge in [0.15, 0.2) is 19.8 Å². The van der Waals surface area contributed by atoms with E-state index in [4.69, 9.17) is 14.9 Å². The Balaban J connectivity index is 1.72. The third-order valence-corrected chi connectivity index (χ3v) is 9.82. The number of nitrogens with zero attached hydrogens (tertiary/aromatic N) is 4. The first kappa shape index (κ1) is 18.2. The second-order valence-corrected chi connectivity index (χ2v) is 12.9. The van der Waals surface area contributed by atoms with Crippen molar-refractivity contribution in [3.05, 3.63) is 12.7 Å². The van der Waals surface area contributed by atoms with Crippen LogP contribution in [0, 0.1) is 0 Å². The highest BCUT2D eigenvalue weighted by molar-refractivity contribution is 6.74. The van der Waals surface area contributed by atoms with Crippen LogP contribution in [0.15, 0.2) is 12.7 Å². The number of aliphatic hydroxyl groups is 1. The summed E-state index contributed by atoms with van der Waals surface area (Å²) in [6.07, 6.45) is 2.19. The Hall–Kier alpha value is -1.55. The molecule has 0 aromatic carbocycles. The molecule has 1 saturated heterocycles. The zero-order valence-corrected chi connectivity index (χ0v) is 16.4. The molecule has 3 atom stereocenters. The Morgan fingerprint density at radius 1 is 1.36 bits per heavy atom. The highest BCUT2D eigenvalue weighted by Gasteiger charge is 2.41. The Morgan fingerprint density at radius 2 is 2.08 bits per heavy atom. The van der Waals surface area contributed by atoms with Crippen LogP contribution in [0.3, 0.4) is 0 Å². The van der Waals surface area contributed by atoms with Crippen LogP contribution in [-0.4, -0.2) is 51.8 Å². The third-order valence-electron chi connectivity index (χ3n) is 5.32. The number of nitrogen functional groups attached to an aromatic ring is 1. The maximum absolute atomic E-state index is 10.4. The summed E-state index contributed by atoms with van der Waals surface area (Å²) in [6, 6.07) is 0. The van der Waals surface area contributed by atoms with Crippen molar-refractivity contribution < 1.29 is 14.3 Å². The summed E-state index contributed by atoms with van der Waals surface area (Å²) in [4.78, 5) is 12.4. The lowest BCUT2D eigenvalue weighted by atomic mass is 10.2. The summed E-state index contributed by atoms with van der Waals surface area (Å²) >= 11 is 0. The van der Waals surface area contributed by atoms with Gasteiger partial charge in [-0.2, -0.15) is 0 Å². The van der Waals surface area contributed by atoms with Gasteiger partial charge in [0.05, 0.1) is 19.0 Å². The molecule has 0 saturated carbocycles. The molecule has 1 aliphatic heterocycles. The van der Waals surface area contributed by atoms with Gasteiger partial charge in [-0.15, -0.1) is 0 Å². The summed E-state index contributed by atoms with van der Waals surface area (Å²) in [6.45, 7) is 11.3. The van der Waals surface area contributed by atoms with Gasteiger partial charge in [0.2, 0.25) is 0 Å². The molecule has 0 bridgehead atoms. The first-order chi connectivity index (χ1) is 11.6. The molecule has 0 radical (unpaired) electrons. The SMILES string of the molecule is CC(C)(C)[Si](C)(C)OC[C@@H]1O[C@H](n2cnc3c(N)ncnc32)C[C@H]1O. The molecule has 1 fully saturated rings. The molecule has 138 valence electrons. The van der Waals surface area contributed by atoms with Crippen LogP contribution in [-0.2, 0) is 9.16 Å². The van der Waals surface area contributed by atoms with Gasteiger partial charge in [-0.1, -0.05) is 20.8 Å². The van der Waals surface area contributed by atoms with E-state index in [1.807, 2.05) is 0 Å². The largest absolute Gasteiger partial charge is 0.414 e. The Bertz CT molecular complexity index is 758. The van der Waals surface area contributed by atoms with E-state index in [0.717, 1.165) is 0 Å². The lowest BCUT2D eigenvalue weighted by Gasteiger charge is -2.37. The van der Waals surface area contributed by atoms with Crippen molar-refractivity contribution in [2.24, 2.45) is 0 Å². The van der Waals surface area contributed by atoms with Crippen molar-refractivity contribution in [1.82, 2.24) is 19.5 Å². The van der Waals surface area contributed by atoms with Crippen LogP contribution < -0.4 is 5.73 Å². The van der Waals surface area contributed by atoms with E-state index < -0.39 is 14.4 Å². The molecular weight excluding hydrogens is 338 g/mol. The molecular formula is C16H27N5O3Si. The van der Waals surface area contributed by atoms with Gasteiger partial charge in [-0.3, -0.25) is 4.57 Å². The van der Waals surface area contributed by atoms with Crippen molar-refractivity contribution in [3.8, 4) is 0 Å². The van der Waals surface area contributed by atoms with Crippen LogP contribution in [0.2, 0.25) is 18.1 Å². The van der Waals surface area contributed by atoms with Crippen LogP contribution in [0.4, 0.5) is 5.82 Å². The predicted molar refractivity (Wildman–Crippen MR) is 97.4 cm³/mol. The fraction of sp³-hybridized carbons (Fsp3) is 0.688. The van der Waals surface area contributed by atoms with Crippen molar-refractivity contribution in [2.75, 3.05) is 12.3 Å². The fourth-order valence-corrected chi connectivity index (χ4v) is 3.64. The Kier molecular flexibility index (Phi) is 4.61. The molecule has 9 heteroatoms. The average molecular weight is 366 g/mol. The molecule has 0 unspecified atom stereocenters. The van der Waals surface area contributed by atoms with E-state index >= 15 is 0 Å². The van der Waals surface area contributed by atoms with Crippen molar-refractivity contribution in [1.29, 1.82) is 0 Å². The third kappa shape index (κ3) is 3.41. The van der Waals surface area contributed by atoms with Crippen LogP contribution in [0.5, 0.6) is 0 Å². The van der Waals surface area contributed by atoms with Crippen LogP contribution in [0.25, 0.3) is 11.2 Å². The topological polar surface area (TPSA) is 108 Å². The van der Waals surface area contributed by atoms with E-state index in [1.165, 1.54) is 6.33 Å². The number of fused-ring (bicyclic) bond motifs is 1. The first-order valence-electron chi connectivity index (χ1n) is 8.50. The van der Waals surface area contributed by atoms with Gasteiger partial charge in [0.25, 0.3) is 0 Å². The van der Waals surface area contributed by atoms with E-state index in [2.05, 4.69) is 48.8 Å². The summed E-state index contributed by atoms with van der Waals surface area (Å²) in [5.41, 5.74) is 6.98. The Labute approximate surface area is 148 Å². The standard InChI is InChI=1S/C16H27N5O3Si/c1-16(2,3)25(4,5)23-7-11-10(22)6-12(24-11)21-9-20-13-14(17)18-8-19-15(13)21/h8-12,22H,6-7H2,1-5H3,(H2,17,18,19)/t10-,11+,12+/m1/s1. The van der Waals surface area contributed by atoms with E-state index in [0.29, 0.717) is 30.0 Å². The summed E-state index contributed by atoms with van der Waals surface area (Å²) < 4.78 is 14.0. The molecule has 0 spiro atoms. The fourth-order valence-electron chi connectivity index (χ4n) is 2.62. The van der Waals surface area contributed by atoms with Crippen molar-refractivity contribution >= 4 is 25.3 Å². The number of aromatic nitrogens is 4. The van der Waals surface area contributed by atoms with E-state index in [-0.39, 0.29) is 17.4 Å². The second-order valence-electron chi connectivity index (χ2n) is 8.09. The minimum Gasteiger partial charge on any atom is -0.414 e. The van der Waals surface area contributed by atoms with Gasteiger partial charge >= 0.3 is 0 Å². The molecule has 1 aliphatic rings. The van der Waals surface area contributed by atoms with Gasteiger partial charge in [-0.25, -0.2) is 15.0 Å². The predicted octanol–water partition coefficient (Wildman–Crippen LogP) is 2.08. The molecule has 2 aromatic heterocycles. The molecule has 3 rings (SSSR count). The van der Waals surface area contributed by atoms with Gasteiger partial charge in [0, 0.05) is 6.42 Å². The van der Waals surface area contributed by atoms with Gasteiger partial charge < -0.3 is 20.0 Å². The number of aliphatic hydroxyl groups excluding tert-OH is 1. The zero-order chi connectivity index (χ0) is 18.4. The number of rotatable bonds is 4. The number of hydrogen-bond donors (Lipinski definition) is 2. The zero-order valence-electron chi connectivity index (χ0n) is 15.4. The molecule has 8 nitrogen and oxygen atoms in total. The second kappa shape index (κ2) is 6.31. The molecule has 0 amide bonds. The average Bonchev–Trinajstić information content (AvgIpc) is 3.08. The summed E-state index contributed by atoms with van der Waals surface area (Å²) in [7, 11) is -1.89. The number of anilines is 1. The van der Waals surface area contributed by atoms with Crippen molar-refractivity contribution in [3.63, 3.8) is 0 Å². The first-order valence-corrected chi connectivity index (χ1v) is 11.4.